The molecule has 1 aromatic heterocycles. The summed E-state index contributed by atoms with van der Waals surface area (Å²) in [5.74, 6) is -0.566. The molecule has 2 rings (SSSR count). The van der Waals surface area contributed by atoms with E-state index >= 15 is 0 Å². The number of carboxylic acids is 1. The van der Waals surface area contributed by atoms with Gasteiger partial charge in [0.2, 0.25) is 0 Å². The Morgan fingerprint density at radius 3 is 2.62 bits per heavy atom. The number of thiophene rings is 1. The second-order valence-corrected chi connectivity index (χ2v) is 5.27. The predicted octanol–water partition coefficient (Wildman–Crippen LogP) is 3.31. The largest absolute Gasteiger partial charge is 0.477 e. The van der Waals surface area contributed by atoms with Crippen LogP contribution in [0.5, 0.6) is 0 Å². The molecule has 0 unspecified atom stereocenters. The lowest BCUT2D eigenvalue weighted by Crippen LogP contribution is -2.07. The van der Waals surface area contributed by atoms with Gasteiger partial charge in [0, 0.05) is 0 Å². The highest BCUT2D eigenvalue weighted by Gasteiger charge is 2.23. The Labute approximate surface area is 98.1 Å². The van der Waals surface area contributed by atoms with Crippen molar-refractivity contribution in [3.8, 4) is 0 Å². The third-order valence-electron chi connectivity index (χ3n) is 3.14. The zero-order valence-electron chi connectivity index (χ0n) is 8.94. The Kier molecular flexibility index (Phi) is 3.39. The summed E-state index contributed by atoms with van der Waals surface area (Å²) in [5, 5.41) is 9.10. The van der Waals surface area contributed by atoms with Crippen LogP contribution < -0.4 is 0 Å². The fourth-order valence-corrected chi connectivity index (χ4v) is 3.27. The van der Waals surface area contributed by atoms with Crippen molar-refractivity contribution in [3.63, 3.8) is 0 Å². The highest BCUT2D eigenvalue weighted by Crippen LogP contribution is 2.37. The highest BCUT2D eigenvalue weighted by atomic mass is 32.1. The fraction of sp³-hybridized carbons (Fsp3) is 0.500. The van der Waals surface area contributed by atoms with Gasteiger partial charge in [-0.25, -0.2) is 4.79 Å². The molecule has 4 heteroatoms. The van der Waals surface area contributed by atoms with E-state index in [9.17, 15) is 9.59 Å². The van der Waals surface area contributed by atoms with Gasteiger partial charge in [-0.05, 0) is 30.4 Å². The van der Waals surface area contributed by atoms with Crippen LogP contribution in [0, 0.1) is 0 Å². The van der Waals surface area contributed by atoms with Gasteiger partial charge in [0.25, 0.3) is 0 Å². The van der Waals surface area contributed by atoms with Crippen LogP contribution in [0.15, 0.2) is 6.07 Å². The molecule has 16 heavy (non-hydrogen) atoms. The molecule has 1 aliphatic rings. The van der Waals surface area contributed by atoms with Crippen molar-refractivity contribution >= 4 is 23.6 Å². The molecule has 1 fully saturated rings. The van der Waals surface area contributed by atoms with Crippen LogP contribution >= 0.6 is 11.3 Å². The second-order valence-electron chi connectivity index (χ2n) is 4.19. The van der Waals surface area contributed by atoms with E-state index in [1.54, 1.807) is 6.07 Å². The van der Waals surface area contributed by atoms with Crippen LogP contribution in [0.3, 0.4) is 0 Å². The van der Waals surface area contributed by atoms with Gasteiger partial charge in [-0.1, -0.05) is 19.3 Å². The van der Waals surface area contributed by atoms with Gasteiger partial charge in [0.15, 0.2) is 6.29 Å². The SMILES string of the molecule is O=Cc1cc(C2CCCCC2)c(C(=O)O)s1. The molecule has 0 bridgehead atoms. The van der Waals surface area contributed by atoms with Gasteiger partial charge < -0.3 is 5.11 Å². The quantitative estimate of drug-likeness (QED) is 0.822. The van der Waals surface area contributed by atoms with Gasteiger partial charge in [-0.3, -0.25) is 4.79 Å². The van der Waals surface area contributed by atoms with E-state index < -0.39 is 5.97 Å². The standard InChI is InChI=1S/C12H14O3S/c13-7-9-6-10(11(16-9)12(14)15)8-4-2-1-3-5-8/h6-8H,1-5H2,(H,14,15). The third kappa shape index (κ3) is 2.16. The molecule has 0 aromatic carbocycles. The first-order valence-corrected chi connectivity index (χ1v) is 6.36. The Morgan fingerprint density at radius 2 is 2.06 bits per heavy atom. The minimum atomic E-state index is -0.904. The van der Waals surface area contributed by atoms with Crippen molar-refractivity contribution in [2.45, 2.75) is 38.0 Å². The molecular formula is C12H14O3S. The van der Waals surface area contributed by atoms with Crippen LogP contribution in [-0.4, -0.2) is 17.4 Å². The Morgan fingerprint density at radius 1 is 1.38 bits per heavy atom. The average Bonchev–Trinajstić information content (AvgIpc) is 2.74. The van der Waals surface area contributed by atoms with Crippen LogP contribution in [0.4, 0.5) is 0 Å². The molecule has 1 aromatic rings. The maximum absolute atomic E-state index is 11.1. The number of rotatable bonds is 3. The molecule has 1 aliphatic carbocycles. The second kappa shape index (κ2) is 4.78. The lowest BCUT2D eigenvalue weighted by atomic mass is 9.84. The molecule has 0 radical (unpaired) electrons. The normalized spacial score (nSPS) is 17.2. The average molecular weight is 238 g/mol. The summed E-state index contributed by atoms with van der Waals surface area (Å²) < 4.78 is 0. The summed E-state index contributed by atoms with van der Waals surface area (Å²) in [7, 11) is 0. The number of aldehydes is 1. The number of carbonyl (C=O) groups excluding carboxylic acids is 1. The van der Waals surface area contributed by atoms with Crippen LogP contribution in [0.25, 0.3) is 0 Å². The maximum atomic E-state index is 11.1. The Bertz CT molecular complexity index is 402. The number of aromatic carboxylic acids is 1. The van der Waals surface area contributed by atoms with Gasteiger partial charge in [-0.15, -0.1) is 11.3 Å². The van der Waals surface area contributed by atoms with Crippen LogP contribution in [-0.2, 0) is 0 Å². The van der Waals surface area contributed by atoms with Crippen molar-refractivity contribution in [2.24, 2.45) is 0 Å². The van der Waals surface area contributed by atoms with Crippen LogP contribution in [0.1, 0.15) is 62.9 Å². The molecule has 1 saturated carbocycles. The van der Waals surface area contributed by atoms with E-state index in [1.807, 2.05) is 0 Å². The van der Waals surface area contributed by atoms with Crippen molar-refractivity contribution in [1.29, 1.82) is 0 Å². The molecule has 86 valence electrons. The van der Waals surface area contributed by atoms with E-state index in [-0.39, 0.29) is 0 Å². The molecule has 1 N–H and O–H groups in total. The lowest BCUT2D eigenvalue weighted by molar-refractivity contribution is 0.0700. The van der Waals surface area contributed by atoms with Gasteiger partial charge in [-0.2, -0.15) is 0 Å². The predicted molar refractivity (Wildman–Crippen MR) is 62.5 cm³/mol. The molecule has 3 nitrogen and oxygen atoms in total. The summed E-state index contributed by atoms with van der Waals surface area (Å²) in [6.45, 7) is 0. The maximum Gasteiger partial charge on any atom is 0.346 e. The Hall–Kier alpha value is -1.16. The van der Waals surface area contributed by atoms with Crippen LogP contribution in [0.2, 0.25) is 0 Å². The first-order chi connectivity index (χ1) is 7.72. The van der Waals surface area contributed by atoms with E-state index in [0.29, 0.717) is 15.7 Å². The number of carbonyl (C=O) groups is 2. The number of carboxylic acid groups (broad SMARTS) is 1. The minimum absolute atomic E-state index is 0.338. The zero-order chi connectivity index (χ0) is 11.5. The first kappa shape index (κ1) is 11.3. The van der Waals surface area contributed by atoms with E-state index in [4.69, 9.17) is 5.11 Å². The van der Waals surface area contributed by atoms with Crippen molar-refractivity contribution in [3.05, 3.63) is 21.4 Å². The van der Waals surface area contributed by atoms with E-state index in [2.05, 4.69) is 0 Å². The number of hydrogen-bond acceptors (Lipinski definition) is 3. The lowest BCUT2D eigenvalue weighted by Gasteiger charge is -2.21. The molecule has 0 amide bonds. The summed E-state index contributed by atoms with van der Waals surface area (Å²) in [4.78, 5) is 22.7. The smallest absolute Gasteiger partial charge is 0.346 e. The summed E-state index contributed by atoms with van der Waals surface area (Å²) in [6.07, 6.45) is 6.41. The Balaban J connectivity index is 2.33. The number of hydrogen-bond donors (Lipinski definition) is 1. The fourth-order valence-electron chi connectivity index (χ4n) is 2.37. The van der Waals surface area contributed by atoms with Crippen molar-refractivity contribution in [1.82, 2.24) is 0 Å². The molecule has 0 saturated heterocycles. The molecule has 0 atom stereocenters. The molecular weight excluding hydrogens is 224 g/mol. The molecule has 1 heterocycles. The summed E-state index contributed by atoms with van der Waals surface area (Å²) in [6, 6.07) is 1.76. The highest BCUT2D eigenvalue weighted by molar-refractivity contribution is 7.15. The van der Waals surface area contributed by atoms with E-state index in [1.165, 1.54) is 6.42 Å². The topological polar surface area (TPSA) is 54.4 Å². The van der Waals surface area contributed by atoms with Gasteiger partial charge in [0.05, 0.1) is 4.88 Å². The van der Waals surface area contributed by atoms with E-state index in [0.717, 1.165) is 48.9 Å². The van der Waals surface area contributed by atoms with Gasteiger partial charge >= 0.3 is 5.97 Å². The van der Waals surface area contributed by atoms with Crippen molar-refractivity contribution < 1.29 is 14.7 Å². The first-order valence-electron chi connectivity index (χ1n) is 5.54. The summed E-state index contributed by atoms with van der Waals surface area (Å²) >= 11 is 1.09. The molecule has 0 spiro atoms. The zero-order valence-corrected chi connectivity index (χ0v) is 9.76. The monoisotopic (exact) mass is 238 g/mol. The minimum Gasteiger partial charge on any atom is -0.477 e. The molecule has 0 aliphatic heterocycles. The van der Waals surface area contributed by atoms with Gasteiger partial charge in [0.1, 0.15) is 4.88 Å². The summed E-state index contributed by atoms with van der Waals surface area (Å²) in [5.41, 5.74) is 0.874. The van der Waals surface area contributed by atoms with Crippen molar-refractivity contribution in [2.75, 3.05) is 0 Å². The third-order valence-corrected chi connectivity index (χ3v) is 4.20.